The lowest BCUT2D eigenvalue weighted by atomic mass is 9.95. The number of carbonyl (C=O) groups excluding carboxylic acids is 1. The molecule has 0 bridgehead atoms. The van der Waals surface area contributed by atoms with Crippen LogP contribution in [0.5, 0.6) is 0 Å². The summed E-state index contributed by atoms with van der Waals surface area (Å²) in [7, 11) is 0. The number of carbonyl (C=O) groups is 1. The van der Waals surface area contributed by atoms with Crippen LogP contribution in [-0.4, -0.2) is 21.7 Å². The second-order valence-corrected chi connectivity index (χ2v) is 5.82. The van der Waals surface area contributed by atoms with Gasteiger partial charge in [-0.3, -0.25) is 9.59 Å². The van der Waals surface area contributed by atoms with E-state index >= 15 is 0 Å². The molecule has 1 aliphatic carbocycles. The zero-order chi connectivity index (χ0) is 15.5. The lowest BCUT2D eigenvalue weighted by Crippen LogP contribution is -2.38. The Bertz CT molecular complexity index is 745. The second-order valence-electron chi connectivity index (χ2n) is 5.82. The van der Waals surface area contributed by atoms with Gasteiger partial charge in [-0.1, -0.05) is 37.5 Å². The maximum atomic E-state index is 12.6. The van der Waals surface area contributed by atoms with E-state index in [9.17, 15) is 9.59 Å². The summed E-state index contributed by atoms with van der Waals surface area (Å²) in [6.45, 7) is 2.30. The molecule has 0 atom stereocenters. The van der Waals surface area contributed by atoms with E-state index in [-0.39, 0.29) is 17.5 Å². The summed E-state index contributed by atoms with van der Waals surface area (Å²) in [4.78, 5) is 24.9. The molecule has 1 aliphatic rings. The van der Waals surface area contributed by atoms with Gasteiger partial charge in [0.1, 0.15) is 0 Å². The van der Waals surface area contributed by atoms with Gasteiger partial charge >= 0.3 is 0 Å². The third kappa shape index (κ3) is 2.75. The number of rotatable bonds is 3. The van der Waals surface area contributed by atoms with Crippen LogP contribution in [0.25, 0.3) is 10.8 Å². The van der Waals surface area contributed by atoms with E-state index < -0.39 is 0 Å². The molecule has 22 heavy (non-hydrogen) atoms. The van der Waals surface area contributed by atoms with Crippen LogP contribution in [0.15, 0.2) is 29.1 Å². The highest BCUT2D eigenvalue weighted by molar-refractivity contribution is 6.04. The van der Waals surface area contributed by atoms with Crippen molar-refractivity contribution < 1.29 is 4.79 Å². The standard InChI is InChI=1S/C17H21N3O2/c1-2-20-17(22)14-11-7-6-10-13(14)15(19-20)16(21)18-12-8-4-3-5-9-12/h6-7,10-12H,2-5,8-9H2,1H3,(H,18,21). The van der Waals surface area contributed by atoms with Gasteiger partial charge in [0.15, 0.2) is 5.69 Å². The molecule has 5 heteroatoms. The third-order valence-corrected chi connectivity index (χ3v) is 4.32. The molecule has 1 aromatic heterocycles. The zero-order valence-corrected chi connectivity index (χ0v) is 12.8. The summed E-state index contributed by atoms with van der Waals surface area (Å²) >= 11 is 0. The maximum absolute atomic E-state index is 12.6. The highest BCUT2D eigenvalue weighted by atomic mass is 16.2. The molecule has 5 nitrogen and oxygen atoms in total. The van der Waals surface area contributed by atoms with E-state index in [1.807, 2.05) is 19.1 Å². The lowest BCUT2D eigenvalue weighted by Gasteiger charge is -2.22. The summed E-state index contributed by atoms with van der Waals surface area (Å²) in [6.07, 6.45) is 5.61. The van der Waals surface area contributed by atoms with E-state index in [4.69, 9.17) is 0 Å². The van der Waals surface area contributed by atoms with Crippen molar-refractivity contribution in [2.24, 2.45) is 0 Å². The summed E-state index contributed by atoms with van der Waals surface area (Å²) in [5.41, 5.74) is 0.204. The molecule has 3 rings (SSSR count). The topological polar surface area (TPSA) is 64.0 Å². The van der Waals surface area contributed by atoms with E-state index in [2.05, 4.69) is 10.4 Å². The first kappa shape index (κ1) is 14.8. The number of fused-ring (bicyclic) bond motifs is 1. The number of nitrogens with zero attached hydrogens (tertiary/aromatic N) is 2. The molecule has 2 aromatic rings. The molecule has 0 radical (unpaired) electrons. The van der Waals surface area contributed by atoms with Crippen molar-refractivity contribution in [1.29, 1.82) is 0 Å². The molecule has 0 aliphatic heterocycles. The highest BCUT2D eigenvalue weighted by Gasteiger charge is 2.20. The number of benzene rings is 1. The van der Waals surface area contributed by atoms with Crippen LogP contribution < -0.4 is 10.9 Å². The van der Waals surface area contributed by atoms with E-state index in [1.54, 1.807) is 12.1 Å². The van der Waals surface area contributed by atoms with Crippen LogP contribution >= 0.6 is 0 Å². The summed E-state index contributed by atoms with van der Waals surface area (Å²) in [5.74, 6) is -0.176. The minimum atomic E-state index is -0.176. The van der Waals surface area contributed by atoms with Crippen molar-refractivity contribution in [3.63, 3.8) is 0 Å². The van der Waals surface area contributed by atoms with Gasteiger partial charge in [-0.05, 0) is 25.8 Å². The van der Waals surface area contributed by atoms with Crippen molar-refractivity contribution in [3.8, 4) is 0 Å². The molecular weight excluding hydrogens is 278 g/mol. The molecule has 1 heterocycles. The number of amides is 1. The molecule has 1 N–H and O–H groups in total. The van der Waals surface area contributed by atoms with Gasteiger partial charge in [0.05, 0.1) is 5.39 Å². The van der Waals surface area contributed by atoms with Gasteiger partial charge in [0.25, 0.3) is 11.5 Å². The van der Waals surface area contributed by atoms with Crippen molar-refractivity contribution in [2.45, 2.75) is 51.6 Å². The monoisotopic (exact) mass is 299 g/mol. The summed E-state index contributed by atoms with van der Waals surface area (Å²) < 4.78 is 1.36. The quantitative estimate of drug-likeness (QED) is 0.947. The van der Waals surface area contributed by atoms with Crippen LogP contribution in [-0.2, 0) is 6.54 Å². The fourth-order valence-corrected chi connectivity index (χ4v) is 3.12. The van der Waals surface area contributed by atoms with Gasteiger partial charge in [0, 0.05) is 18.0 Å². The molecule has 0 spiro atoms. The van der Waals surface area contributed by atoms with Gasteiger partial charge < -0.3 is 5.32 Å². The first-order valence-electron chi connectivity index (χ1n) is 8.01. The minimum Gasteiger partial charge on any atom is -0.348 e. The van der Waals surface area contributed by atoms with E-state index in [0.717, 1.165) is 25.7 Å². The predicted octanol–water partition coefficient (Wildman–Crippen LogP) is 2.48. The SMILES string of the molecule is CCn1nc(C(=O)NC2CCCCC2)c2ccccc2c1=O. The Kier molecular flexibility index (Phi) is 4.22. The summed E-state index contributed by atoms with van der Waals surface area (Å²) in [5, 5.41) is 8.54. The highest BCUT2D eigenvalue weighted by Crippen LogP contribution is 2.19. The Balaban J connectivity index is 2.00. The molecule has 0 saturated heterocycles. The Morgan fingerprint density at radius 3 is 2.59 bits per heavy atom. The van der Waals surface area contributed by atoms with Gasteiger partial charge in [-0.25, -0.2) is 4.68 Å². The van der Waals surface area contributed by atoms with Crippen molar-refractivity contribution >= 4 is 16.7 Å². The Morgan fingerprint density at radius 1 is 1.23 bits per heavy atom. The van der Waals surface area contributed by atoms with Crippen molar-refractivity contribution in [1.82, 2.24) is 15.1 Å². The minimum absolute atomic E-state index is 0.146. The number of aromatic nitrogens is 2. The number of nitrogens with one attached hydrogen (secondary N) is 1. The van der Waals surface area contributed by atoms with Gasteiger partial charge in [0.2, 0.25) is 0 Å². The summed E-state index contributed by atoms with van der Waals surface area (Å²) in [6, 6.07) is 7.41. The normalized spacial score (nSPS) is 15.9. The molecule has 1 fully saturated rings. The molecule has 116 valence electrons. The molecule has 0 unspecified atom stereocenters. The average molecular weight is 299 g/mol. The Hall–Kier alpha value is -2.17. The molecule has 1 amide bonds. The zero-order valence-electron chi connectivity index (χ0n) is 12.8. The first-order chi connectivity index (χ1) is 10.7. The maximum Gasteiger partial charge on any atom is 0.274 e. The van der Waals surface area contributed by atoms with Crippen molar-refractivity contribution in [2.75, 3.05) is 0 Å². The van der Waals surface area contributed by atoms with Gasteiger partial charge in [-0.15, -0.1) is 0 Å². The fourth-order valence-electron chi connectivity index (χ4n) is 3.12. The van der Waals surface area contributed by atoms with Crippen LogP contribution in [0.1, 0.15) is 49.5 Å². The number of aryl methyl sites for hydroxylation is 1. The van der Waals surface area contributed by atoms with Crippen LogP contribution in [0.3, 0.4) is 0 Å². The molecular formula is C17H21N3O2. The number of hydrogen-bond acceptors (Lipinski definition) is 3. The van der Waals surface area contributed by atoms with Crippen LogP contribution in [0.4, 0.5) is 0 Å². The second kappa shape index (κ2) is 6.30. The van der Waals surface area contributed by atoms with Crippen molar-refractivity contribution in [3.05, 3.63) is 40.3 Å². The Morgan fingerprint density at radius 2 is 1.91 bits per heavy atom. The molecule has 1 aromatic carbocycles. The van der Waals surface area contributed by atoms with E-state index in [1.165, 1.54) is 11.1 Å². The average Bonchev–Trinajstić information content (AvgIpc) is 2.56. The van der Waals surface area contributed by atoms with E-state index in [0.29, 0.717) is 23.0 Å². The fraction of sp³-hybridized carbons (Fsp3) is 0.471. The molecule has 1 saturated carbocycles. The predicted molar refractivity (Wildman–Crippen MR) is 86.0 cm³/mol. The largest absolute Gasteiger partial charge is 0.348 e. The lowest BCUT2D eigenvalue weighted by molar-refractivity contribution is 0.0922. The van der Waals surface area contributed by atoms with Gasteiger partial charge in [-0.2, -0.15) is 5.10 Å². The third-order valence-electron chi connectivity index (χ3n) is 4.32. The number of hydrogen-bond donors (Lipinski definition) is 1. The first-order valence-corrected chi connectivity index (χ1v) is 8.01. The Labute approximate surface area is 129 Å². The van der Waals surface area contributed by atoms with Crippen LogP contribution in [0.2, 0.25) is 0 Å². The van der Waals surface area contributed by atoms with Crippen LogP contribution in [0, 0.1) is 0 Å². The smallest absolute Gasteiger partial charge is 0.274 e.